The number of amides is 1. The summed E-state index contributed by atoms with van der Waals surface area (Å²) >= 11 is 0. The number of hydrogen-bond donors (Lipinski definition) is 3. The van der Waals surface area contributed by atoms with E-state index in [1.165, 1.54) is 0 Å². The molecule has 1 aliphatic rings. The van der Waals surface area contributed by atoms with Crippen molar-refractivity contribution in [3.8, 4) is 0 Å². The SMILES string of the molecule is C[C@H](N)C(=O)NCC1CCCCC1C(=O)O. The minimum Gasteiger partial charge on any atom is -0.481 e. The van der Waals surface area contributed by atoms with Gasteiger partial charge in [0.1, 0.15) is 0 Å². The van der Waals surface area contributed by atoms with Gasteiger partial charge in [-0.15, -0.1) is 0 Å². The Kier molecular flexibility index (Phi) is 4.73. The summed E-state index contributed by atoms with van der Waals surface area (Å²) < 4.78 is 0. The first-order valence-corrected chi connectivity index (χ1v) is 5.78. The zero-order chi connectivity index (χ0) is 12.1. The molecule has 0 aromatic rings. The minimum absolute atomic E-state index is 0.0500. The molecule has 5 nitrogen and oxygen atoms in total. The summed E-state index contributed by atoms with van der Waals surface area (Å²) in [6, 6.07) is -0.535. The average molecular weight is 228 g/mol. The summed E-state index contributed by atoms with van der Waals surface area (Å²) in [6.07, 6.45) is 3.60. The van der Waals surface area contributed by atoms with Gasteiger partial charge >= 0.3 is 5.97 Å². The minimum atomic E-state index is -0.750. The van der Waals surface area contributed by atoms with Crippen molar-refractivity contribution in [2.24, 2.45) is 17.6 Å². The van der Waals surface area contributed by atoms with Crippen molar-refractivity contribution in [1.29, 1.82) is 0 Å². The van der Waals surface area contributed by atoms with Crippen LogP contribution >= 0.6 is 0 Å². The molecule has 0 spiro atoms. The highest BCUT2D eigenvalue weighted by atomic mass is 16.4. The molecule has 0 aromatic carbocycles. The molecule has 0 saturated heterocycles. The summed E-state index contributed by atoms with van der Waals surface area (Å²) in [4.78, 5) is 22.3. The number of rotatable bonds is 4. The van der Waals surface area contributed by atoms with E-state index in [0.717, 1.165) is 19.3 Å². The van der Waals surface area contributed by atoms with Gasteiger partial charge in [0.25, 0.3) is 0 Å². The van der Waals surface area contributed by atoms with Gasteiger partial charge in [-0.25, -0.2) is 0 Å². The van der Waals surface area contributed by atoms with Crippen LogP contribution in [0.5, 0.6) is 0 Å². The summed E-state index contributed by atoms with van der Waals surface area (Å²) in [7, 11) is 0. The van der Waals surface area contributed by atoms with Crippen molar-refractivity contribution >= 4 is 11.9 Å². The third kappa shape index (κ3) is 3.48. The number of aliphatic carboxylic acids is 1. The maximum atomic E-state index is 11.3. The Morgan fingerprint density at radius 3 is 2.62 bits per heavy atom. The molecular formula is C11H20N2O3. The lowest BCUT2D eigenvalue weighted by atomic mass is 9.79. The number of carboxylic acids is 1. The van der Waals surface area contributed by atoms with Crippen molar-refractivity contribution in [3.63, 3.8) is 0 Å². The van der Waals surface area contributed by atoms with E-state index in [9.17, 15) is 9.59 Å². The number of carbonyl (C=O) groups is 2. The van der Waals surface area contributed by atoms with Gasteiger partial charge in [-0.05, 0) is 25.7 Å². The number of hydrogen-bond acceptors (Lipinski definition) is 3. The summed E-state index contributed by atoms with van der Waals surface area (Å²) in [5.74, 6) is -1.23. The first-order valence-electron chi connectivity index (χ1n) is 5.78. The van der Waals surface area contributed by atoms with Crippen LogP contribution in [0, 0.1) is 11.8 Å². The van der Waals surface area contributed by atoms with Crippen LogP contribution < -0.4 is 11.1 Å². The fourth-order valence-corrected chi connectivity index (χ4v) is 2.17. The Labute approximate surface area is 95.4 Å². The molecule has 3 atom stereocenters. The van der Waals surface area contributed by atoms with Crippen molar-refractivity contribution in [2.75, 3.05) is 6.54 Å². The van der Waals surface area contributed by atoms with Crippen molar-refractivity contribution in [1.82, 2.24) is 5.32 Å². The number of carbonyl (C=O) groups excluding carboxylic acids is 1. The molecule has 16 heavy (non-hydrogen) atoms. The van der Waals surface area contributed by atoms with Crippen LogP contribution in [0.15, 0.2) is 0 Å². The van der Waals surface area contributed by atoms with Crippen molar-refractivity contribution in [3.05, 3.63) is 0 Å². The third-order valence-electron chi connectivity index (χ3n) is 3.18. The molecule has 1 saturated carbocycles. The first-order chi connectivity index (χ1) is 7.52. The second kappa shape index (κ2) is 5.84. The molecule has 1 fully saturated rings. The summed E-state index contributed by atoms with van der Waals surface area (Å²) in [6.45, 7) is 2.04. The summed E-state index contributed by atoms with van der Waals surface area (Å²) in [5.41, 5.74) is 5.42. The topological polar surface area (TPSA) is 92.4 Å². The van der Waals surface area contributed by atoms with E-state index in [4.69, 9.17) is 10.8 Å². The van der Waals surface area contributed by atoms with Crippen LogP contribution in [-0.2, 0) is 9.59 Å². The zero-order valence-electron chi connectivity index (χ0n) is 9.61. The van der Waals surface area contributed by atoms with Gasteiger partial charge < -0.3 is 16.2 Å². The highest BCUT2D eigenvalue weighted by Crippen LogP contribution is 2.29. The molecule has 1 rings (SSSR count). The van der Waals surface area contributed by atoms with Gasteiger partial charge in [-0.3, -0.25) is 9.59 Å². The maximum Gasteiger partial charge on any atom is 0.306 e. The molecule has 1 aliphatic carbocycles. The van der Waals surface area contributed by atoms with Gasteiger partial charge in [0.15, 0.2) is 0 Å². The number of nitrogens with two attached hydrogens (primary N) is 1. The van der Waals surface area contributed by atoms with Gasteiger partial charge in [0, 0.05) is 6.54 Å². The van der Waals surface area contributed by atoms with Crippen LogP contribution in [0.4, 0.5) is 0 Å². The molecule has 0 heterocycles. The van der Waals surface area contributed by atoms with Crippen LogP contribution in [0.25, 0.3) is 0 Å². The zero-order valence-corrected chi connectivity index (χ0v) is 9.61. The molecule has 0 radical (unpaired) electrons. The monoisotopic (exact) mass is 228 g/mol. The van der Waals surface area contributed by atoms with Crippen LogP contribution in [0.1, 0.15) is 32.6 Å². The molecule has 1 amide bonds. The second-order valence-corrected chi connectivity index (χ2v) is 4.52. The lowest BCUT2D eigenvalue weighted by molar-refractivity contribution is -0.145. The molecule has 92 valence electrons. The predicted octanol–water partition coefficient (Wildman–Crippen LogP) is 0.341. The Hall–Kier alpha value is -1.10. The van der Waals surface area contributed by atoms with Crippen LogP contribution in [0.3, 0.4) is 0 Å². The Balaban J connectivity index is 2.44. The van der Waals surface area contributed by atoms with E-state index in [0.29, 0.717) is 13.0 Å². The van der Waals surface area contributed by atoms with Gasteiger partial charge in [0.2, 0.25) is 5.91 Å². The predicted molar refractivity (Wildman–Crippen MR) is 59.7 cm³/mol. The average Bonchev–Trinajstić information content (AvgIpc) is 2.25. The Bertz CT molecular complexity index is 266. The molecule has 5 heteroatoms. The number of nitrogens with one attached hydrogen (secondary N) is 1. The number of carboxylic acid groups (broad SMARTS) is 1. The quantitative estimate of drug-likeness (QED) is 0.647. The van der Waals surface area contributed by atoms with Crippen LogP contribution in [0.2, 0.25) is 0 Å². The van der Waals surface area contributed by atoms with E-state index < -0.39 is 12.0 Å². The van der Waals surface area contributed by atoms with Gasteiger partial charge in [0.05, 0.1) is 12.0 Å². The van der Waals surface area contributed by atoms with Crippen molar-refractivity contribution < 1.29 is 14.7 Å². The molecule has 0 bridgehead atoms. The standard InChI is InChI=1S/C11H20N2O3/c1-7(12)10(14)13-6-8-4-2-3-5-9(8)11(15)16/h7-9H,2-6,12H2,1H3,(H,13,14)(H,15,16)/t7-,8?,9?/m0/s1. The van der Waals surface area contributed by atoms with E-state index >= 15 is 0 Å². The highest BCUT2D eigenvalue weighted by Gasteiger charge is 2.30. The Morgan fingerprint density at radius 2 is 2.06 bits per heavy atom. The molecule has 2 unspecified atom stereocenters. The molecule has 0 aliphatic heterocycles. The second-order valence-electron chi connectivity index (χ2n) is 4.52. The van der Waals surface area contributed by atoms with E-state index in [1.807, 2.05) is 0 Å². The van der Waals surface area contributed by atoms with Gasteiger partial charge in [-0.2, -0.15) is 0 Å². The molecule has 4 N–H and O–H groups in total. The van der Waals surface area contributed by atoms with Gasteiger partial charge in [-0.1, -0.05) is 12.8 Å². The van der Waals surface area contributed by atoms with E-state index in [-0.39, 0.29) is 17.7 Å². The lowest BCUT2D eigenvalue weighted by Crippen LogP contribution is -2.43. The lowest BCUT2D eigenvalue weighted by Gasteiger charge is -2.28. The molecular weight excluding hydrogens is 208 g/mol. The first kappa shape index (κ1) is 13.0. The summed E-state index contributed by atoms with van der Waals surface area (Å²) in [5, 5.41) is 11.8. The Morgan fingerprint density at radius 1 is 1.44 bits per heavy atom. The normalized spacial score (nSPS) is 27.1. The largest absolute Gasteiger partial charge is 0.481 e. The van der Waals surface area contributed by atoms with Crippen molar-refractivity contribution in [2.45, 2.75) is 38.6 Å². The maximum absolute atomic E-state index is 11.3. The van der Waals surface area contributed by atoms with E-state index in [1.54, 1.807) is 6.92 Å². The highest BCUT2D eigenvalue weighted by molar-refractivity contribution is 5.81. The smallest absolute Gasteiger partial charge is 0.306 e. The third-order valence-corrected chi connectivity index (χ3v) is 3.18. The fourth-order valence-electron chi connectivity index (χ4n) is 2.17. The molecule has 0 aromatic heterocycles. The van der Waals surface area contributed by atoms with Crippen LogP contribution in [-0.4, -0.2) is 29.6 Å². The van der Waals surface area contributed by atoms with E-state index in [2.05, 4.69) is 5.32 Å². The fraction of sp³-hybridized carbons (Fsp3) is 0.818.